The molecule has 0 spiro atoms. The van der Waals surface area contributed by atoms with Gasteiger partial charge in [0, 0.05) is 46.3 Å². The zero-order valence-corrected chi connectivity index (χ0v) is 41.9. The molecule has 0 aliphatic rings. The number of carboxylic acids is 2. The van der Waals surface area contributed by atoms with Crippen molar-refractivity contribution in [1.82, 2.24) is 0 Å². The number of nitrogens with zero attached hydrogens (tertiary/aromatic N) is 3. The first-order valence-corrected chi connectivity index (χ1v) is 25.9. The molecule has 8 aromatic rings. The summed E-state index contributed by atoms with van der Waals surface area (Å²) < 4.78 is 0. The van der Waals surface area contributed by atoms with Crippen LogP contribution in [-0.4, -0.2) is 22.2 Å². The molecule has 8 rings (SSSR count). The second kappa shape index (κ2) is 24.4. The normalized spacial score (nSPS) is 12.2. The summed E-state index contributed by atoms with van der Waals surface area (Å²) in [6.45, 7) is 9.56. The fourth-order valence-corrected chi connectivity index (χ4v) is 10.9. The van der Waals surface area contributed by atoms with Gasteiger partial charge in [0.25, 0.3) is 5.70 Å². The quantitative estimate of drug-likeness (QED) is 0.0259. The average molecular weight is 996 g/mol. The molecule has 0 unspecified atom stereocenters. The predicted molar refractivity (Wildman–Crippen MR) is 301 cm³/mol. The van der Waals surface area contributed by atoms with Gasteiger partial charge in [-0.25, -0.2) is 9.64 Å². The minimum absolute atomic E-state index is 0.318. The SMILES string of the molecule is [C-]#[N+]C(=Cc1ccc(C(=Cc2ccc(N(c3ccc(C=Cc4ccc(CCCCCC)s4)cc3)c3ccc(C=C(c4ccccc4)c4ccc(C=C(C#N)C(=O)O)s4)cc3)cc2)c2ccccc2)s1)C(=O)O. The van der Waals surface area contributed by atoms with Crippen molar-refractivity contribution in [3.8, 4) is 6.07 Å². The van der Waals surface area contributed by atoms with Gasteiger partial charge >= 0.3 is 11.9 Å². The molecule has 3 aromatic heterocycles. The number of nitriles is 1. The van der Waals surface area contributed by atoms with Crippen LogP contribution in [0.3, 0.4) is 0 Å². The number of carboxylic acid groups (broad SMARTS) is 2. The number of hydrogen-bond donors (Lipinski definition) is 2. The summed E-state index contributed by atoms with van der Waals surface area (Å²) in [5, 5.41) is 28.3. The van der Waals surface area contributed by atoms with E-state index in [0.29, 0.717) is 9.75 Å². The Morgan fingerprint density at radius 3 is 1.53 bits per heavy atom. The van der Waals surface area contributed by atoms with Crippen LogP contribution in [-0.2, 0) is 16.0 Å². The van der Waals surface area contributed by atoms with Crippen molar-refractivity contribution in [2.45, 2.75) is 39.0 Å². The fraction of sp³-hybridized carbons (Fsp3) is 0.0968. The summed E-state index contributed by atoms with van der Waals surface area (Å²) in [7, 11) is 0. The Hall–Kier alpha value is -8.38. The maximum atomic E-state index is 11.6. The minimum atomic E-state index is -1.26. The van der Waals surface area contributed by atoms with Crippen molar-refractivity contribution in [3.63, 3.8) is 0 Å². The van der Waals surface area contributed by atoms with Crippen LogP contribution in [0.2, 0.25) is 0 Å². The number of rotatable bonds is 20. The van der Waals surface area contributed by atoms with E-state index in [1.54, 1.807) is 6.07 Å². The van der Waals surface area contributed by atoms with Crippen LogP contribution < -0.4 is 4.90 Å². The highest BCUT2D eigenvalue weighted by atomic mass is 32.1. The molecule has 0 atom stereocenters. The highest BCUT2D eigenvalue weighted by molar-refractivity contribution is 7.14. The molecule has 354 valence electrons. The topological polar surface area (TPSA) is 106 Å². The minimum Gasteiger partial charge on any atom is -0.486 e. The number of aryl methyl sites for hydroxylation is 1. The van der Waals surface area contributed by atoms with Crippen molar-refractivity contribution >= 4 is 111 Å². The molecular formula is C62H49N3O4S3. The zero-order valence-electron chi connectivity index (χ0n) is 39.4. The third kappa shape index (κ3) is 13.1. The smallest absolute Gasteiger partial charge is 0.346 e. The summed E-state index contributed by atoms with van der Waals surface area (Å²) in [5.74, 6) is -2.51. The first-order valence-electron chi connectivity index (χ1n) is 23.5. The fourth-order valence-electron chi connectivity index (χ4n) is 8.02. The summed E-state index contributed by atoms with van der Waals surface area (Å²) in [6, 6.07) is 59.4. The Kier molecular flexibility index (Phi) is 17.0. The lowest BCUT2D eigenvalue weighted by Crippen LogP contribution is -2.09. The van der Waals surface area contributed by atoms with Gasteiger partial charge in [-0.15, -0.1) is 34.0 Å². The molecule has 7 nitrogen and oxygen atoms in total. The van der Waals surface area contributed by atoms with Gasteiger partial charge in [-0.1, -0.05) is 129 Å². The Bertz CT molecular complexity index is 3220. The van der Waals surface area contributed by atoms with E-state index in [1.807, 2.05) is 84.1 Å². The number of aliphatic carboxylic acids is 2. The van der Waals surface area contributed by atoms with Gasteiger partial charge in [-0.3, -0.25) is 4.79 Å². The molecule has 0 aliphatic carbocycles. The van der Waals surface area contributed by atoms with Crippen molar-refractivity contribution < 1.29 is 19.8 Å². The lowest BCUT2D eigenvalue weighted by atomic mass is 10.0. The first-order chi connectivity index (χ1) is 35.2. The van der Waals surface area contributed by atoms with E-state index in [4.69, 9.17) is 6.57 Å². The molecule has 3 heterocycles. The maximum absolute atomic E-state index is 11.6. The van der Waals surface area contributed by atoms with E-state index in [2.05, 4.69) is 138 Å². The number of unbranched alkanes of at least 4 members (excludes halogenated alkanes) is 3. The number of carbonyl (C=O) groups is 2. The van der Waals surface area contributed by atoms with Crippen molar-refractivity contribution in [1.29, 1.82) is 5.26 Å². The Labute approximate surface area is 432 Å². The van der Waals surface area contributed by atoms with E-state index in [1.165, 1.54) is 70.3 Å². The van der Waals surface area contributed by atoms with Gasteiger partial charge in [0.2, 0.25) is 0 Å². The highest BCUT2D eigenvalue weighted by Crippen LogP contribution is 2.38. The lowest BCUT2D eigenvalue weighted by Gasteiger charge is -2.26. The molecule has 10 heteroatoms. The van der Waals surface area contributed by atoms with Crippen LogP contribution >= 0.6 is 34.0 Å². The van der Waals surface area contributed by atoms with E-state index >= 15 is 0 Å². The van der Waals surface area contributed by atoms with Crippen molar-refractivity contribution in [2.75, 3.05) is 4.90 Å². The van der Waals surface area contributed by atoms with Gasteiger partial charge in [-0.2, -0.15) is 5.26 Å². The third-order valence-electron chi connectivity index (χ3n) is 11.7. The Morgan fingerprint density at radius 1 is 0.556 bits per heavy atom. The van der Waals surface area contributed by atoms with Crippen molar-refractivity contribution in [3.05, 3.63) is 250 Å². The predicted octanol–water partition coefficient (Wildman–Crippen LogP) is 17.1. The third-order valence-corrected chi connectivity index (χ3v) is 14.9. The highest BCUT2D eigenvalue weighted by Gasteiger charge is 2.16. The standard InChI is InChI=1S/C62H49N3O4S3/c1-3-4-5-12-17-52-32-33-53(70-52)31-24-43-18-25-49(26-19-43)65(50-27-20-44(21-28-50)38-56(46-13-8-6-9-14-46)59-36-34-54(71-59)40-48(42-63)61(66)67)51-29-22-45(23-30-51)39-57(47-15-10-7-11-16-47)60-37-35-55(72-60)41-58(64-2)62(68)69/h6-11,13-16,18-41H,3-5,12,17H2,1H3,(H,66,67)(H,68,69). The van der Waals surface area contributed by atoms with Gasteiger partial charge in [-0.05, 0) is 155 Å². The van der Waals surface area contributed by atoms with Crippen LogP contribution in [0.5, 0.6) is 0 Å². The second-order valence-electron chi connectivity index (χ2n) is 16.7. The molecule has 0 amide bonds. The maximum Gasteiger partial charge on any atom is 0.346 e. The molecule has 5 aromatic carbocycles. The summed E-state index contributed by atoms with van der Waals surface area (Å²) in [6.07, 6.45) is 17.6. The van der Waals surface area contributed by atoms with E-state index in [-0.39, 0.29) is 11.3 Å². The van der Waals surface area contributed by atoms with Crippen LogP contribution in [0.4, 0.5) is 17.1 Å². The number of anilines is 3. The van der Waals surface area contributed by atoms with E-state index in [0.717, 1.165) is 72.2 Å². The van der Waals surface area contributed by atoms with Crippen LogP contribution in [0.1, 0.15) is 89.7 Å². The lowest BCUT2D eigenvalue weighted by molar-refractivity contribution is -0.133. The molecule has 0 radical (unpaired) electrons. The molecule has 72 heavy (non-hydrogen) atoms. The van der Waals surface area contributed by atoms with E-state index in [9.17, 15) is 25.1 Å². The molecule has 0 bridgehead atoms. The Morgan fingerprint density at radius 2 is 1.06 bits per heavy atom. The largest absolute Gasteiger partial charge is 0.486 e. The molecule has 2 N–H and O–H groups in total. The molecule has 0 saturated heterocycles. The number of hydrogen-bond acceptors (Lipinski definition) is 7. The summed E-state index contributed by atoms with van der Waals surface area (Å²) >= 11 is 4.72. The van der Waals surface area contributed by atoms with Gasteiger partial charge < -0.3 is 15.1 Å². The van der Waals surface area contributed by atoms with Crippen LogP contribution in [0.15, 0.2) is 181 Å². The summed E-state index contributed by atoms with van der Waals surface area (Å²) in [4.78, 5) is 34.5. The number of thiophene rings is 3. The van der Waals surface area contributed by atoms with Gasteiger partial charge in [0.05, 0.1) is 6.57 Å². The van der Waals surface area contributed by atoms with Crippen LogP contribution in [0, 0.1) is 17.9 Å². The molecule has 0 saturated carbocycles. The van der Waals surface area contributed by atoms with Crippen molar-refractivity contribution in [2.24, 2.45) is 0 Å². The molecule has 0 fully saturated rings. The average Bonchev–Trinajstić information content (AvgIpc) is 4.20. The molecular weight excluding hydrogens is 947 g/mol. The van der Waals surface area contributed by atoms with E-state index < -0.39 is 11.9 Å². The summed E-state index contributed by atoms with van der Waals surface area (Å²) in [5.41, 5.74) is 9.23. The molecule has 0 aliphatic heterocycles. The number of benzene rings is 5. The monoisotopic (exact) mass is 995 g/mol. The zero-order chi connectivity index (χ0) is 50.2. The van der Waals surface area contributed by atoms with Gasteiger partial charge in [0.15, 0.2) is 0 Å². The Balaban J connectivity index is 1.13. The van der Waals surface area contributed by atoms with Crippen LogP contribution in [0.25, 0.3) is 52.4 Å². The second-order valence-corrected chi connectivity index (χ2v) is 20.2. The first kappa shape index (κ1) is 50.0. The van der Waals surface area contributed by atoms with Gasteiger partial charge in [0.1, 0.15) is 11.6 Å².